The van der Waals surface area contributed by atoms with Crippen molar-refractivity contribution < 1.29 is 14.1 Å². The molecule has 2 aromatic heterocycles. The van der Waals surface area contributed by atoms with Crippen molar-refractivity contribution in [2.24, 2.45) is 0 Å². The number of carbonyl (C=O) groups is 2. The number of aryl methyl sites for hydroxylation is 1. The predicted molar refractivity (Wildman–Crippen MR) is 106 cm³/mol. The van der Waals surface area contributed by atoms with Crippen LogP contribution in [-0.4, -0.2) is 40.3 Å². The minimum atomic E-state index is -0.143. The number of nitrogens with zero attached hydrogens (tertiary/aromatic N) is 3. The molecule has 2 heterocycles. The van der Waals surface area contributed by atoms with Gasteiger partial charge in [-0.25, -0.2) is 0 Å². The molecule has 0 bridgehead atoms. The first-order chi connectivity index (χ1) is 13.0. The first-order valence-electron chi connectivity index (χ1n) is 8.17. The van der Waals surface area contributed by atoms with Gasteiger partial charge in [0.15, 0.2) is 0 Å². The van der Waals surface area contributed by atoms with Crippen molar-refractivity contribution in [1.29, 1.82) is 0 Å². The van der Waals surface area contributed by atoms with Crippen molar-refractivity contribution in [2.45, 2.75) is 17.7 Å². The number of nitrogens with one attached hydrogen (secondary N) is 1. The summed E-state index contributed by atoms with van der Waals surface area (Å²) in [5.41, 5.74) is 0.673. The number of rotatable bonds is 6. The van der Waals surface area contributed by atoms with E-state index in [1.54, 1.807) is 38.4 Å². The first-order valence-corrected chi connectivity index (χ1v) is 9.86. The Kier molecular flexibility index (Phi) is 6.25. The number of thiophene rings is 1. The lowest BCUT2D eigenvalue weighted by molar-refractivity contribution is -0.116. The van der Waals surface area contributed by atoms with Gasteiger partial charge in [-0.2, -0.15) is 4.98 Å². The molecule has 27 heavy (non-hydrogen) atoms. The largest absolute Gasteiger partial charge is 0.339 e. The first kappa shape index (κ1) is 19.1. The topological polar surface area (TPSA) is 88.3 Å². The van der Waals surface area contributed by atoms with Gasteiger partial charge in [-0.15, -0.1) is 11.3 Å². The molecule has 0 aliphatic carbocycles. The second kappa shape index (κ2) is 8.83. The van der Waals surface area contributed by atoms with Crippen molar-refractivity contribution in [2.75, 3.05) is 19.4 Å². The third-order valence-electron chi connectivity index (χ3n) is 3.48. The lowest BCUT2D eigenvalue weighted by atomic mass is 10.2. The second-order valence-electron chi connectivity index (χ2n) is 5.82. The van der Waals surface area contributed by atoms with Gasteiger partial charge in [-0.05, 0) is 47.5 Å². The molecule has 0 fully saturated rings. The maximum Gasteiger partial charge on any atom is 0.285 e. The standard InChI is InChI=1S/C18H18N4O3S2/c1-22(2)18(24)27-13-7-5-12(6-8-13)19-15(23)9-10-16-20-17(21-25-16)14-4-3-11-26-14/h3-8,11H,9-10H2,1-2H3,(H,19,23). The van der Waals surface area contributed by atoms with E-state index in [0.29, 0.717) is 23.8 Å². The van der Waals surface area contributed by atoms with Crippen LogP contribution in [0.15, 0.2) is 51.2 Å². The van der Waals surface area contributed by atoms with Crippen molar-refractivity contribution >= 4 is 39.9 Å². The van der Waals surface area contributed by atoms with Gasteiger partial charge in [0.25, 0.3) is 5.24 Å². The number of thioether (sulfide) groups is 1. The van der Waals surface area contributed by atoms with Crippen LogP contribution in [0.3, 0.4) is 0 Å². The molecule has 2 amide bonds. The highest BCUT2D eigenvalue weighted by atomic mass is 32.2. The Morgan fingerprint density at radius 3 is 2.67 bits per heavy atom. The maximum absolute atomic E-state index is 12.1. The molecule has 3 aromatic rings. The van der Waals surface area contributed by atoms with Crippen LogP contribution in [0.25, 0.3) is 10.7 Å². The van der Waals surface area contributed by atoms with Crippen molar-refractivity contribution in [3.05, 3.63) is 47.7 Å². The Morgan fingerprint density at radius 1 is 1.22 bits per heavy atom. The molecule has 0 spiro atoms. The Labute approximate surface area is 164 Å². The summed E-state index contributed by atoms with van der Waals surface area (Å²) >= 11 is 2.67. The lowest BCUT2D eigenvalue weighted by Crippen LogP contribution is -2.16. The van der Waals surface area contributed by atoms with Gasteiger partial charge in [-0.3, -0.25) is 9.59 Å². The summed E-state index contributed by atoms with van der Waals surface area (Å²) in [6, 6.07) is 11.0. The van der Waals surface area contributed by atoms with E-state index in [1.165, 1.54) is 16.2 Å². The molecule has 0 unspecified atom stereocenters. The molecule has 0 saturated carbocycles. The van der Waals surface area contributed by atoms with E-state index in [-0.39, 0.29) is 17.6 Å². The van der Waals surface area contributed by atoms with Gasteiger partial charge >= 0.3 is 0 Å². The highest BCUT2D eigenvalue weighted by Gasteiger charge is 2.12. The lowest BCUT2D eigenvalue weighted by Gasteiger charge is -2.09. The molecule has 3 rings (SSSR count). The average molecular weight is 403 g/mol. The highest BCUT2D eigenvalue weighted by molar-refractivity contribution is 8.13. The summed E-state index contributed by atoms with van der Waals surface area (Å²) in [6.07, 6.45) is 0.608. The minimum Gasteiger partial charge on any atom is -0.339 e. The molecular weight excluding hydrogens is 384 g/mol. The van der Waals surface area contributed by atoms with Crippen LogP contribution < -0.4 is 5.32 Å². The van der Waals surface area contributed by atoms with Gasteiger partial charge in [0, 0.05) is 37.5 Å². The maximum atomic E-state index is 12.1. The van der Waals surface area contributed by atoms with Crippen molar-refractivity contribution in [3.8, 4) is 10.7 Å². The molecule has 0 atom stereocenters. The number of hydrogen-bond donors (Lipinski definition) is 1. The van der Waals surface area contributed by atoms with Gasteiger partial charge in [-0.1, -0.05) is 11.2 Å². The zero-order valence-corrected chi connectivity index (χ0v) is 16.5. The minimum absolute atomic E-state index is 0.0479. The Morgan fingerprint density at radius 2 is 2.00 bits per heavy atom. The summed E-state index contributed by atoms with van der Waals surface area (Å²) < 4.78 is 5.19. The summed E-state index contributed by atoms with van der Waals surface area (Å²) in [7, 11) is 3.41. The number of benzene rings is 1. The summed E-state index contributed by atoms with van der Waals surface area (Å²) in [5, 5.41) is 8.64. The van der Waals surface area contributed by atoms with Crippen LogP contribution in [0.2, 0.25) is 0 Å². The predicted octanol–water partition coefficient (Wildman–Crippen LogP) is 4.14. The van der Waals surface area contributed by atoms with Gasteiger partial charge in [0.2, 0.25) is 17.6 Å². The molecule has 0 aliphatic heterocycles. The molecule has 0 aliphatic rings. The van der Waals surface area contributed by atoms with Gasteiger partial charge in [0.1, 0.15) is 0 Å². The van der Waals surface area contributed by atoms with Gasteiger partial charge in [0.05, 0.1) is 4.88 Å². The van der Waals surface area contributed by atoms with E-state index in [4.69, 9.17) is 4.52 Å². The monoisotopic (exact) mass is 402 g/mol. The molecular formula is C18H18N4O3S2. The van der Waals surface area contributed by atoms with E-state index >= 15 is 0 Å². The quantitative estimate of drug-likeness (QED) is 0.623. The number of hydrogen-bond acceptors (Lipinski definition) is 7. The number of carbonyl (C=O) groups excluding carboxylic acids is 2. The van der Waals surface area contributed by atoms with Crippen LogP contribution in [0.4, 0.5) is 10.5 Å². The number of aromatic nitrogens is 2. The van der Waals surface area contributed by atoms with Gasteiger partial charge < -0.3 is 14.7 Å². The molecule has 1 N–H and O–H groups in total. The fraction of sp³-hybridized carbons (Fsp3) is 0.222. The molecule has 9 heteroatoms. The van der Waals surface area contributed by atoms with Crippen molar-refractivity contribution in [3.63, 3.8) is 0 Å². The van der Waals surface area contributed by atoms with Crippen LogP contribution in [0.1, 0.15) is 12.3 Å². The van der Waals surface area contributed by atoms with Crippen LogP contribution in [-0.2, 0) is 11.2 Å². The molecule has 1 aromatic carbocycles. The molecule has 140 valence electrons. The third-order valence-corrected chi connectivity index (χ3v) is 5.40. The molecule has 0 radical (unpaired) electrons. The van der Waals surface area contributed by atoms with E-state index in [0.717, 1.165) is 21.5 Å². The summed E-state index contributed by atoms with van der Waals surface area (Å²) in [6.45, 7) is 0. The molecule has 0 saturated heterocycles. The normalized spacial score (nSPS) is 10.6. The van der Waals surface area contributed by atoms with Crippen LogP contribution >= 0.6 is 23.1 Å². The number of amides is 2. The second-order valence-corrected chi connectivity index (χ2v) is 7.80. The average Bonchev–Trinajstić information content (AvgIpc) is 3.33. The summed E-state index contributed by atoms with van der Waals surface area (Å²) in [4.78, 5) is 31.3. The van der Waals surface area contributed by atoms with E-state index < -0.39 is 0 Å². The van der Waals surface area contributed by atoms with E-state index in [1.807, 2.05) is 17.5 Å². The number of anilines is 1. The van der Waals surface area contributed by atoms with Crippen LogP contribution in [0.5, 0.6) is 0 Å². The van der Waals surface area contributed by atoms with Crippen LogP contribution in [0, 0.1) is 0 Å². The summed E-state index contributed by atoms with van der Waals surface area (Å²) in [5.74, 6) is 0.832. The van der Waals surface area contributed by atoms with E-state index in [9.17, 15) is 9.59 Å². The highest BCUT2D eigenvalue weighted by Crippen LogP contribution is 2.23. The molecule has 7 nitrogen and oxygen atoms in total. The SMILES string of the molecule is CN(C)C(=O)Sc1ccc(NC(=O)CCc2nc(-c3cccs3)no2)cc1. The Hall–Kier alpha value is -2.65. The zero-order chi connectivity index (χ0) is 19.2. The van der Waals surface area contributed by atoms with E-state index in [2.05, 4.69) is 15.5 Å². The Balaban J connectivity index is 1.48. The van der Waals surface area contributed by atoms with Crippen molar-refractivity contribution in [1.82, 2.24) is 15.0 Å². The fourth-order valence-electron chi connectivity index (χ4n) is 2.10. The smallest absolute Gasteiger partial charge is 0.285 e. The third kappa shape index (κ3) is 5.41. The fourth-order valence-corrected chi connectivity index (χ4v) is 3.41. The Bertz CT molecular complexity index is 905. The zero-order valence-electron chi connectivity index (χ0n) is 14.8.